The highest BCUT2D eigenvalue weighted by Gasteiger charge is 2.39. The molecule has 0 radical (unpaired) electrons. The van der Waals surface area contributed by atoms with Crippen molar-refractivity contribution in [3.63, 3.8) is 0 Å². The highest BCUT2D eigenvalue weighted by molar-refractivity contribution is 5.68. The fourth-order valence-corrected chi connectivity index (χ4v) is 2.44. The molecule has 1 aromatic heterocycles. The molecule has 1 unspecified atom stereocenters. The van der Waals surface area contributed by atoms with Crippen molar-refractivity contribution in [3.8, 4) is 0 Å². The van der Waals surface area contributed by atoms with Gasteiger partial charge in [-0.3, -0.25) is 0 Å². The molecule has 0 aliphatic carbocycles. The van der Waals surface area contributed by atoms with Crippen LogP contribution in [0.3, 0.4) is 0 Å². The maximum Gasteiger partial charge on any atom is 0.410 e. The molecule has 130 valence electrons. The molecule has 0 saturated carbocycles. The summed E-state index contributed by atoms with van der Waals surface area (Å²) < 4.78 is 16.5. The molecule has 7 heteroatoms. The van der Waals surface area contributed by atoms with Crippen molar-refractivity contribution >= 4 is 6.09 Å². The van der Waals surface area contributed by atoms with Crippen LogP contribution in [0.2, 0.25) is 0 Å². The smallest absolute Gasteiger partial charge is 0.410 e. The van der Waals surface area contributed by atoms with Crippen LogP contribution >= 0.6 is 0 Å². The van der Waals surface area contributed by atoms with Crippen LogP contribution in [0.4, 0.5) is 4.79 Å². The van der Waals surface area contributed by atoms with Gasteiger partial charge in [0, 0.05) is 13.0 Å². The third-order valence-electron chi connectivity index (χ3n) is 3.62. The molecule has 2 rings (SSSR count). The van der Waals surface area contributed by atoms with Crippen molar-refractivity contribution in [2.45, 2.75) is 71.7 Å². The Bertz CT molecular complexity index is 538. The van der Waals surface area contributed by atoms with Crippen molar-refractivity contribution < 1.29 is 18.8 Å². The normalized spacial score (nSPS) is 21.7. The molecular formula is C16H27N3O4. The third kappa shape index (κ3) is 5.20. The Morgan fingerprint density at radius 3 is 2.83 bits per heavy atom. The number of nitrogens with zero attached hydrogens (tertiary/aromatic N) is 3. The topological polar surface area (TPSA) is 77.7 Å². The first-order valence-corrected chi connectivity index (χ1v) is 8.14. The fourth-order valence-electron chi connectivity index (χ4n) is 2.44. The van der Waals surface area contributed by atoms with Gasteiger partial charge in [0.25, 0.3) is 5.89 Å². The van der Waals surface area contributed by atoms with E-state index in [9.17, 15) is 4.79 Å². The number of rotatable bonds is 5. The number of carbonyl (C=O) groups is 1. The predicted octanol–water partition coefficient (Wildman–Crippen LogP) is 2.94. The van der Waals surface area contributed by atoms with Gasteiger partial charge in [0.05, 0.1) is 12.1 Å². The van der Waals surface area contributed by atoms with Crippen LogP contribution in [0, 0.1) is 0 Å². The van der Waals surface area contributed by atoms with Gasteiger partial charge in [-0.1, -0.05) is 12.1 Å². The Balaban J connectivity index is 1.84. The average molecular weight is 325 g/mol. The van der Waals surface area contributed by atoms with E-state index in [1.165, 1.54) is 0 Å². The van der Waals surface area contributed by atoms with Gasteiger partial charge in [0.15, 0.2) is 5.82 Å². The maximum atomic E-state index is 12.1. The number of hydrogen-bond donors (Lipinski definition) is 0. The number of ether oxygens (including phenoxy) is 2. The second kappa shape index (κ2) is 6.86. The lowest BCUT2D eigenvalue weighted by Crippen LogP contribution is -2.39. The summed E-state index contributed by atoms with van der Waals surface area (Å²) in [5, 5.41) is 3.91. The lowest BCUT2D eigenvalue weighted by atomic mass is 10.1. The summed E-state index contributed by atoms with van der Waals surface area (Å²) in [7, 11) is 0. The average Bonchev–Trinajstić information content (AvgIpc) is 3.03. The first kappa shape index (κ1) is 17.7. The SMILES string of the molecule is CCCc1noc(COC2(C)CCN(C(=O)OC(C)(C)C)C2)n1. The zero-order chi connectivity index (χ0) is 17.1. The molecule has 1 atom stereocenters. The second-order valence-corrected chi connectivity index (χ2v) is 7.24. The standard InChI is InChI=1S/C16H27N3O4/c1-6-7-12-17-13(23-18-12)10-21-16(5)8-9-19(11-16)14(20)22-15(2,3)4/h6-11H2,1-5H3. The van der Waals surface area contributed by atoms with Crippen LogP contribution in [-0.2, 0) is 22.5 Å². The summed E-state index contributed by atoms with van der Waals surface area (Å²) in [5.74, 6) is 1.18. The van der Waals surface area contributed by atoms with E-state index in [4.69, 9.17) is 14.0 Å². The molecule has 1 aliphatic heterocycles. The van der Waals surface area contributed by atoms with Gasteiger partial charge in [0.2, 0.25) is 0 Å². The van der Waals surface area contributed by atoms with Crippen LogP contribution in [0.1, 0.15) is 59.2 Å². The summed E-state index contributed by atoms with van der Waals surface area (Å²) in [6.45, 7) is 11.0. The Morgan fingerprint density at radius 2 is 2.17 bits per heavy atom. The first-order valence-electron chi connectivity index (χ1n) is 8.14. The molecule has 0 bridgehead atoms. The van der Waals surface area contributed by atoms with Crippen molar-refractivity contribution in [2.75, 3.05) is 13.1 Å². The highest BCUT2D eigenvalue weighted by Crippen LogP contribution is 2.27. The maximum absolute atomic E-state index is 12.1. The van der Waals surface area contributed by atoms with E-state index in [2.05, 4.69) is 17.1 Å². The van der Waals surface area contributed by atoms with E-state index < -0.39 is 11.2 Å². The Hall–Kier alpha value is -1.63. The molecule has 23 heavy (non-hydrogen) atoms. The van der Waals surface area contributed by atoms with Crippen molar-refractivity contribution in [1.29, 1.82) is 0 Å². The van der Waals surface area contributed by atoms with Crippen molar-refractivity contribution in [1.82, 2.24) is 15.0 Å². The zero-order valence-corrected chi connectivity index (χ0v) is 14.7. The summed E-state index contributed by atoms with van der Waals surface area (Å²) in [5.41, 5.74) is -0.910. The molecule has 7 nitrogen and oxygen atoms in total. The van der Waals surface area contributed by atoms with Gasteiger partial charge in [-0.15, -0.1) is 0 Å². The molecular weight excluding hydrogens is 298 g/mol. The Kier molecular flexibility index (Phi) is 5.29. The number of likely N-dealkylation sites (tertiary alicyclic amines) is 1. The van der Waals surface area contributed by atoms with E-state index >= 15 is 0 Å². The monoisotopic (exact) mass is 325 g/mol. The number of aromatic nitrogens is 2. The molecule has 1 aromatic rings. The number of carbonyl (C=O) groups excluding carboxylic acids is 1. The van der Waals surface area contributed by atoms with Crippen LogP contribution < -0.4 is 0 Å². The van der Waals surface area contributed by atoms with E-state index in [0.29, 0.717) is 24.8 Å². The van der Waals surface area contributed by atoms with Crippen molar-refractivity contribution in [3.05, 3.63) is 11.7 Å². The summed E-state index contributed by atoms with van der Waals surface area (Å²) in [6.07, 6.45) is 2.23. The van der Waals surface area contributed by atoms with Gasteiger partial charge in [-0.25, -0.2) is 4.79 Å². The Morgan fingerprint density at radius 1 is 1.43 bits per heavy atom. The quantitative estimate of drug-likeness (QED) is 0.828. The minimum Gasteiger partial charge on any atom is -0.444 e. The minimum absolute atomic E-state index is 0.259. The molecule has 1 fully saturated rings. The molecule has 1 aliphatic rings. The van der Waals surface area contributed by atoms with Gasteiger partial charge < -0.3 is 18.9 Å². The molecule has 1 amide bonds. The fraction of sp³-hybridized carbons (Fsp3) is 0.812. The lowest BCUT2D eigenvalue weighted by Gasteiger charge is -2.27. The lowest BCUT2D eigenvalue weighted by molar-refractivity contribution is -0.0463. The molecule has 2 heterocycles. The molecule has 0 aromatic carbocycles. The van der Waals surface area contributed by atoms with E-state index in [-0.39, 0.29) is 12.7 Å². The largest absolute Gasteiger partial charge is 0.444 e. The third-order valence-corrected chi connectivity index (χ3v) is 3.62. The van der Waals surface area contributed by atoms with Gasteiger partial charge in [0.1, 0.15) is 12.2 Å². The first-order chi connectivity index (χ1) is 10.7. The summed E-state index contributed by atoms with van der Waals surface area (Å²) in [4.78, 5) is 18.1. The number of aryl methyl sites for hydroxylation is 1. The van der Waals surface area contributed by atoms with Crippen LogP contribution in [0.15, 0.2) is 4.52 Å². The van der Waals surface area contributed by atoms with Crippen LogP contribution in [0.25, 0.3) is 0 Å². The van der Waals surface area contributed by atoms with Crippen LogP contribution in [-0.4, -0.2) is 45.4 Å². The van der Waals surface area contributed by atoms with Crippen molar-refractivity contribution in [2.24, 2.45) is 0 Å². The predicted molar refractivity (Wildman–Crippen MR) is 83.9 cm³/mol. The van der Waals surface area contributed by atoms with E-state index in [0.717, 1.165) is 19.3 Å². The van der Waals surface area contributed by atoms with E-state index in [1.54, 1.807) is 4.90 Å². The van der Waals surface area contributed by atoms with Gasteiger partial charge >= 0.3 is 6.09 Å². The van der Waals surface area contributed by atoms with Gasteiger partial charge in [-0.05, 0) is 40.5 Å². The van der Waals surface area contributed by atoms with Crippen LogP contribution in [0.5, 0.6) is 0 Å². The molecule has 1 saturated heterocycles. The highest BCUT2D eigenvalue weighted by atomic mass is 16.6. The summed E-state index contributed by atoms with van der Waals surface area (Å²) in [6, 6.07) is 0. The summed E-state index contributed by atoms with van der Waals surface area (Å²) >= 11 is 0. The van der Waals surface area contributed by atoms with Gasteiger partial charge in [-0.2, -0.15) is 4.98 Å². The minimum atomic E-state index is -0.490. The molecule has 0 spiro atoms. The van der Waals surface area contributed by atoms with E-state index in [1.807, 2.05) is 27.7 Å². The molecule has 0 N–H and O–H groups in total. The Labute approximate surface area is 137 Å². The number of amides is 1. The number of hydrogen-bond acceptors (Lipinski definition) is 6. The zero-order valence-electron chi connectivity index (χ0n) is 14.7. The second-order valence-electron chi connectivity index (χ2n) is 7.24.